The van der Waals surface area contributed by atoms with Crippen molar-refractivity contribution >= 4 is 0 Å². The molecule has 1 fully saturated rings. The normalized spacial score (nSPS) is 19.3. The molecular formula is C12H24N6. The maximum absolute atomic E-state index is 5.75. The Kier molecular flexibility index (Phi) is 3.99. The van der Waals surface area contributed by atoms with E-state index in [1.54, 1.807) is 4.68 Å². The molecule has 0 radical (unpaired) electrons. The molecule has 1 saturated heterocycles. The molecule has 1 aromatic rings. The quantitative estimate of drug-likeness (QED) is 0.573. The molecule has 6 heteroatoms. The monoisotopic (exact) mass is 252 g/mol. The molecule has 0 aromatic carbocycles. The van der Waals surface area contributed by atoms with Crippen LogP contribution in [0.4, 0.5) is 0 Å². The molecule has 1 aliphatic heterocycles. The second-order valence-corrected chi connectivity index (χ2v) is 5.65. The van der Waals surface area contributed by atoms with Crippen molar-refractivity contribution < 1.29 is 0 Å². The largest absolute Gasteiger partial charge is 0.297 e. The van der Waals surface area contributed by atoms with E-state index in [2.05, 4.69) is 34.5 Å². The SMILES string of the molecule is Cn1cc(CC(NN)C(C)(C)N2CCCC2)nn1. The summed E-state index contributed by atoms with van der Waals surface area (Å²) in [5, 5.41) is 8.11. The summed E-state index contributed by atoms with van der Waals surface area (Å²) in [6.45, 7) is 6.82. The fourth-order valence-electron chi connectivity index (χ4n) is 2.72. The fourth-order valence-corrected chi connectivity index (χ4v) is 2.72. The second kappa shape index (κ2) is 5.34. The number of nitrogens with one attached hydrogen (secondary N) is 1. The zero-order chi connectivity index (χ0) is 13.2. The van der Waals surface area contributed by atoms with Gasteiger partial charge in [-0.05, 0) is 39.8 Å². The van der Waals surface area contributed by atoms with Gasteiger partial charge in [-0.3, -0.25) is 20.9 Å². The van der Waals surface area contributed by atoms with E-state index < -0.39 is 0 Å². The van der Waals surface area contributed by atoms with Crippen molar-refractivity contribution in [3.8, 4) is 0 Å². The minimum absolute atomic E-state index is 0.0305. The standard InChI is InChI=1S/C12H24N6/c1-12(2,18-6-4-5-7-18)11(14-13)8-10-9-17(3)16-15-10/h9,11,14H,4-8,13H2,1-3H3. The van der Waals surface area contributed by atoms with Gasteiger partial charge in [0, 0.05) is 31.2 Å². The molecule has 6 nitrogen and oxygen atoms in total. The van der Waals surface area contributed by atoms with Crippen LogP contribution in [0, 0.1) is 0 Å². The third kappa shape index (κ3) is 2.71. The highest BCUT2D eigenvalue weighted by Gasteiger charge is 2.36. The Morgan fingerprint density at radius 1 is 1.44 bits per heavy atom. The molecule has 3 N–H and O–H groups in total. The predicted molar refractivity (Wildman–Crippen MR) is 70.7 cm³/mol. The lowest BCUT2D eigenvalue weighted by Crippen LogP contribution is -2.59. The van der Waals surface area contributed by atoms with Crippen molar-refractivity contribution in [1.29, 1.82) is 0 Å². The molecule has 0 aliphatic carbocycles. The van der Waals surface area contributed by atoms with E-state index in [9.17, 15) is 0 Å². The van der Waals surface area contributed by atoms with Crippen LogP contribution in [-0.4, -0.2) is 44.6 Å². The number of rotatable bonds is 5. The van der Waals surface area contributed by atoms with Crippen LogP contribution in [0.15, 0.2) is 6.20 Å². The minimum atomic E-state index is 0.0305. The van der Waals surface area contributed by atoms with Gasteiger partial charge in [-0.15, -0.1) is 5.10 Å². The molecule has 2 rings (SSSR count). The summed E-state index contributed by atoms with van der Waals surface area (Å²) in [5.74, 6) is 5.75. The molecule has 18 heavy (non-hydrogen) atoms. The third-order valence-corrected chi connectivity index (χ3v) is 4.04. The number of aromatic nitrogens is 3. The van der Waals surface area contributed by atoms with Gasteiger partial charge in [-0.2, -0.15) is 0 Å². The first-order chi connectivity index (χ1) is 8.54. The first-order valence-electron chi connectivity index (χ1n) is 6.60. The summed E-state index contributed by atoms with van der Waals surface area (Å²) in [5.41, 5.74) is 3.97. The van der Waals surface area contributed by atoms with Crippen LogP contribution in [0.3, 0.4) is 0 Å². The number of likely N-dealkylation sites (tertiary alicyclic amines) is 1. The van der Waals surface area contributed by atoms with Crippen LogP contribution in [-0.2, 0) is 13.5 Å². The molecule has 0 spiro atoms. The lowest BCUT2D eigenvalue weighted by Gasteiger charge is -2.41. The van der Waals surface area contributed by atoms with Gasteiger partial charge >= 0.3 is 0 Å². The highest BCUT2D eigenvalue weighted by atomic mass is 15.4. The summed E-state index contributed by atoms with van der Waals surface area (Å²) in [4.78, 5) is 2.51. The molecule has 1 atom stereocenters. The second-order valence-electron chi connectivity index (χ2n) is 5.65. The van der Waals surface area contributed by atoms with E-state index in [4.69, 9.17) is 5.84 Å². The number of hydrogen-bond acceptors (Lipinski definition) is 5. The van der Waals surface area contributed by atoms with Crippen LogP contribution in [0.5, 0.6) is 0 Å². The van der Waals surface area contributed by atoms with Gasteiger partial charge in [0.2, 0.25) is 0 Å². The number of nitrogens with two attached hydrogens (primary N) is 1. The van der Waals surface area contributed by atoms with Gasteiger partial charge in [0.1, 0.15) is 0 Å². The summed E-state index contributed by atoms with van der Waals surface area (Å²) in [7, 11) is 1.88. The Bertz CT molecular complexity index is 380. The highest BCUT2D eigenvalue weighted by Crippen LogP contribution is 2.25. The van der Waals surface area contributed by atoms with Gasteiger partial charge in [-0.1, -0.05) is 5.21 Å². The van der Waals surface area contributed by atoms with Crippen LogP contribution in [0.25, 0.3) is 0 Å². The smallest absolute Gasteiger partial charge is 0.0843 e. The molecule has 0 saturated carbocycles. The van der Waals surface area contributed by atoms with E-state index in [0.717, 1.165) is 25.2 Å². The van der Waals surface area contributed by atoms with Crippen molar-refractivity contribution in [2.24, 2.45) is 12.9 Å². The van der Waals surface area contributed by atoms with Gasteiger partial charge in [0.25, 0.3) is 0 Å². The zero-order valence-electron chi connectivity index (χ0n) is 11.6. The summed E-state index contributed by atoms with van der Waals surface area (Å²) < 4.78 is 1.73. The first-order valence-corrected chi connectivity index (χ1v) is 6.60. The van der Waals surface area contributed by atoms with Gasteiger partial charge in [-0.25, -0.2) is 0 Å². The topological polar surface area (TPSA) is 72.0 Å². The van der Waals surface area contributed by atoms with E-state index in [1.807, 2.05) is 13.2 Å². The molecule has 2 heterocycles. The number of hydrazine groups is 1. The summed E-state index contributed by atoms with van der Waals surface area (Å²) in [6, 6.07) is 0.173. The average Bonchev–Trinajstić information content (AvgIpc) is 2.96. The average molecular weight is 252 g/mol. The van der Waals surface area contributed by atoms with E-state index in [0.29, 0.717) is 0 Å². The van der Waals surface area contributed by atoms with Gasteiger partial charge in [0.15, 0.2) is 0 Å². The van der Waals surface area contributed by atoms with Crippen LogP contribution in [0.1, 0.15) is 32.4 Å². The Morgan fingerprint density at radius 3 is 2.61 bits per heavy atom. The van der Waals surface area contributed by atoms with Crippen molar-refractivity contribution in [3.63, 3.8) is 0 Å². The van der Waals surface area contributed by atoms with E-state index in [1.165, 1.54) is 12.8 Å². The molecular weight excluding hydrogens is 228 g/mol. The van der Waals surface area contributed by atoms with Gasteiger partial charge in [0.05, 0.1) is 5.69 Å². The van der Waals surface area contributed by atoms with Crippen molar-refractivity contribution in [3.05, 3.63) is 11.9 Å². The van der Waals surface area contributed by atoms with Crippen LogP contribution < -0.4 is 11.3 Å². The van der Waals surface area contributed by atoms with Crippen molar-refractivity contribution in [2.45, 2.75) is 44.7 Å². The lowest BCUT2D eigenvalue weighted by atomic mass is 9.89. The lowest BCUT2D eigenvalue weighted by molar-refractivity contribution is 0.106. The Labute approximate surface area is 108 Å². The summed E-state index contributed by atoms with van der Waals surface area (Å²) in [6.07, 6.45) is 5.32. The van der Waals surface area contributed by atoms with Crippen molar-refractivity contribution in [1.82, 2.24) is 25.3 Å². The minimum Gasteiger partial charge on any atom is -0.297 e. The zero-order valence-corrected chi connectivity index (χ0v) is 11.6. The molecule has 102 valence electrons. The fraction of sp³-hybridized carbons (Fsp3) is 0.833. The Morgan fingerprint density at radius 2 is 2.11 bits per heavy atom. The maximum atomic E-state index is 5.75. The Hall–Kier alpha value is -0.980. The van der Waals surface area contributed by atoms with E-state index in [-0.39, 0.29) is 11.6 Å². The maximum Gasteiger partial charge on any atom is 0.0843 e. The van der Waals surface area contributed by atoms with Crippen LogP contribution >= 0.6 is 0 Å². The Balaban J connectivity index is 2.06. The van der Waals surface area contributed by atoms with Gasteiger partial charge < -0.3 is 0 Å². The molecule has 1 unspecified atom stereocenters. The predicted octanol–water partition coefficient (Wildman–Crippen LogP) is 0.0639. The highest BCUT2D eigenvalue weighted by molar-refractivity contribution is 5.03. The number of hydrogen-bond donors (Lipinski definition) is 2. The molecule has 0 amide bonds. The van der Waals surface area contributed by atoms with Crippen LogP contribution in [0.2, 0.25) is 0 Å². The van der Waals surface area contributed by atoms with Crippen molar-refractivity contribution in [2.75, 3.05) is 13.1 Å². The molecule has 0 bridgehead atoms. The summed E-state index contributed by atoms with van der Waals surface area (Å²) >= 11 is 0. The van der Waals surface area contributed by atoms with E-state index >= 15 is 0 Å². The number of aryl methyl sites for hydroxylation is 1. The third-order valence-electron chi connectivity index (χ3n) is 4.04. The number of nitrogens with zero attached hydrogens (tertiary/aromatic N) is 4. The molecule has 1 aliphatic rings. The first kappa shape index (κ1) is 13.5. The molecule has 1 aromatic heterocycles.